The fraction of sp³-hybridized carbons (Fsp3) is 0.357. The van der Waals surface area contributed by atoms with E-state index in [1.54, 1.807) is 0 Å². The van der Waals surface area contributed by atoms with E-state index in [0.29, 0.717) is 26.1 Å². The highest BCUT2D eigenvalue weighted by Gasteiger charge is 2.04. The summed E-state index contributed by atoms with van der Waals surface area (Å²) in [6.07, 6.45) is 0.994. The van der Waals surface area contributed by atoms with Crippen LogP contribution in [-0.4, -0.2) is 19.2 Å². The van der Waals surface area contributed by atoms with Gasteiger partial charge in [0.2, 0.25) is 0 Å². The first-order chi connectivity index (χ1) is 8.59. The van der Waals surface area contributed by atoms with Crippen LogP contribution in [0.5, 0.6) is 5.75 Å². The molecule has 0 atom stereocenters. The first kappa shape index (κ1) is 14.8. The summed E-state index contributed by atoms with van der Waals surface area (Å²) in [7, 11) is 0. The molecule has 0 saturated carbocycles. The number of ether oxygens (including phenoxy) is 2. The number of carbonyl (C=O) groups excluding carboxylic acids is 1. The van der Waals surface area contributed by atoms with Crippen LogP contribution in [0.1, 0.15) is 19.8 Å². The van der Waals surface area contributed by atoms with Gasteiger partial charge >= 0.3 is 5.97 Å². The summed E-state index contributed by atoms with van der Waals surface area (Å²) >= 11 is 3.39. The lowest BCUT2D eigenvalue weighted by atomic mass is 10.3. The summed E-state index contributed by atoms with van der Waals surface area (Å²) in [6, 6.07) is 7.62. The lowest BCUT2D eigenvalue weighted by Gasteiger charge is -2.08. The summed E-state index contributed by atoms with van der Waals surface area (Å²) in [5, 5.41) is 0. The predicted octanol–water partition coefficient (Wildman–Crippen LogP) is 3.73. The van der Waals surface area contributed by atoms with Crippen molar-refractivity contribution < 1.29 is 14.3 Å². The molecule has 1 aromatic rings. The normalized spacial score (nSPS) is 9.89. The zero-order valence-electron chi connectivity index (χ0n) is 10.4. The van der Waals surface area contributed by atoms with Crippen molar-refractivity contribution in [1.29, 1.82) is 0 Å². The number of para-hydroxylation sites is 1. The number of hydrogen-bond acceptors (Lipinski definition) is 3. The van der Waals surface area contributed by atoms with Crippen molar-refractivity contribution in [2.75, 3.05) is 13.2 Å². The van der Waals surface area contributed by atoms with E-state index in [9.17, 15) is 4.79 Å². The van der Waals surface area contributed by atoms with Crippen molar-refractivity contribution in [3.63, 3.8) is 0 Å². The minimum absolute atomic E-state index is 0.214. The summed E-state index contributed by atoms with van der Waals surface area (Å²) in [5.41, 5.74) is 0.841. The van der Waals surface area contributed by atoms with Gasteiger partial charge in [-0.3, -0.25) is 4.79 Å². The Morgan fingerprint density at radius 1 is 1.39 bits per heavy atom. The van der Waals surface area contributed by atoms with Crippen LogP contribution in [0.4, 0.5) is 0 Å². The number of carbonyl (C=O) groups is 1. The summed E-state index contributed by atoms with van der Waals surface area (Å²) in [5.74, 6) is 0.571. The van der Waals surface area contributed by atoms with Crippen molar-refractivity contribution in [3.05, 3.63) is 40.9 Å². The molecule has 98 valence electrons. The third-order valence-corrected chi connectivity index (χ3v) is 2.75. The highest BCUT2D eigenvalue weighted by Crippen LogP contribution is 2.23. The van der Waals surface area contributed by atoms with E-state index in [1.807, 2.05) is 31.2 Å². The zero-order valence-corrected chi connectivity index (χ0v) is 12.0. The van der Waals surface area contributed by atoms with E-state index in [4.69, 9.17) is 9.47 Å². The van der Waals surface area contributed by atoms with Gasteiger partial charge < -0.3 is 9.47 Å². The smallest absolute Gasteiger partial charge is 0.306 e. The number of hydrogen-bond donors (Lipinski definition) is 0. The second kappa shape index (κ2) is 7.93. The molecule has 1 rings (SSSR count). The summed E-state index contributed by atoms with van der Waals surface area (Å²) in [4.78, 5) is 11.3. The molecule has 0 amide bonds. The highest BCUT2D eigenvalue weighted by atomic mass is 79.9. The van der Waals surface area contributed by atoms with Crippen molar-refractivity contribution in [2.24, 2.45) is 0 Å². The topological polar surface area (TPSA) is 35.5 Å². The van der Waals surface area contributed by atoms with Crippen molar-refractivity contribution in [3.8, 4) is 5.75 Å². The zero-order chi connectivity index (χ0) is 13.4. The first-order valence-corrected chi connectivity index (χ1v) is 6.56. The van der Waals surface area contributed by atoms with E-state index in [2.05, 4.69) is 22.5 Å². The fourth-order valence-electron chi connectivity index (χ4n) is 1.24. The molecule has 0 unspecified atom stereocenters. The fourth-order valence-corrected chi connectivity index (χ4v) is 1.64. The van der Waals surface area contributed by atoms with Gasteiger partial charge in [0.1, 0.15) is 12.4 Å². The molecule has 0 bridgehead atoms. The maximum Gasteiger partial charge on any atom is 0.306 e. The van der Waals surface area contributed by atoms with E-state index < -0.39 is 0 Å². The van der Waals surface area contributed by atoms with Crippen molar-refractivity contribution in [1.82, 2.24) is 0 Å². The number of rotatable bonds is 7. The summed E-state index contributed by atoms with van der Waals surface area (Å²) < 4.78 is 11.4. The average Bonchev–Trinajstić information content (AvgIpc) is 2.34. The molecule has 0 aliphatic rings. The van der Waals surface area contributed by atoms with Gasteiger partial charge in [0.15, 0.2) is 0 Å². The first-order valence-electron chi connectivity index (χ1n) is 5.77. The molecule has 0 aliphatic heterocycles. The molecule has 0 heterocycles. The lowest BCUT2D eigenvalue weighted by molar-refractivity contribution is -0.142. The Bertz CT molecular complexity index is 415. The predicted molar refractivity (Wildman–Crippen MR) is 74.6 cm³/mol. The molecule has 18 heavy (non-hydrogen) atoms. The summed E-state index contributed by atoms with van der Waals surface area (Å²) in [6.45, 7) is 6.27. The Morgan fingerprint density at radius 2 is 2.11 bits per heavy atom. The van der Waals surface area contributed by atoms with Gasteiger partial charge in [-0.2, -0.15) is 0 Å². The Hall–Kier alpha value is -1.29. The van der Waals surface area contributed by atoms with Gasteiger partial charge in [0, 0.05) is 6.42 Å². The molecule has 0 radical (unpaired) electrons. The molecular weight excluding hydrogens is 296 g/mol. The van der Waals surface area contributed by atoms with Crippen LogP contribution in [0.15, 0.2) is 40.9 Å². The minimum Gasteiger partial charge on any atom is -0.492 e. The van der Waals surface area contributed by atoms with E-state index in [0.717, 1.165) is 15.8 Å². The molecule has 0 aliphatic carbocycles. The molecule has 3 nitrogen and oxygen atoms in total. The van der Waals surface area contributed by atoms with Crippen LogP contribution < -0.4 is 4.74 Å². The van der Waals surface area contributed by atoms with Gasteiger partial charge in [0.25, 0.3) is 0 Å². The number of halogens is 1. The van der Waals surface area contributed by atoms with E-state index in [1.165, 1.54) is 0 Å². The molecule has 1 aromatic carbocycles. The van der Waals surface area contributed by atoms with Gasteiger partial charge in [-0.25, -0.2) is 0 Å². The van der Waals surface area contributed by atoms with E-state index in [-0.39, 0.29) is 5.97 Å². The Balaban J connectivity index is 2.17. The Labute approximate surface area is 116 Å². The standard InChI is InChI=1S/C14H17BrO3/c1-11(2)10-18-14(16)8-5-9-17-13-7-4-3-6-12(13)15/h3-4,6-7H,1,5,8-10H2,2H3. The molecule has 0 N–H and O–H groups in total. The lowest BCUT2D eigenvalue weighted by Crippen LogP contribution is -2.08. The van der Waals surface area contributed by atoms with E-state index >= 15 is 0 Å². The SMILES string of the molecule is C=C(C)COC(=O)CCCOc1ccccc1Br. The third-order valence-electron chi connectivity index (χ3n) is 2.10. The monoisotopic (exact) mass is 312 g/mol. The molecule has 4 heteroatoms. The van der Waals surface area contributed by atoms with Gasteiger partial charge in [-0.1, -0.05) is 18.7 Å². The van der Waals surface area contributed by atoms with Crippen LogP contribution in [0.2, 0.25) is 0 Å². The maximum atomic E-state index is 11.3. The van der Waals surface area contributed by atoms with Crippen LogP contribution in [0, 0.1) is 0 Å². The highest BCUT2D eigenvalue weighted by molar-refractivity contribution is 9.10. The average molecular weight is 313 g/mol. The molecule has 0 fully saturated rings. The Morgan fingerprint density at radius 3 is 2.78 bits per heavy atom. The Kier molecular flexibility index (Phi) is 6.50. The van der Waals surface area contributed by atoms with Crippen LogP contribution in [-0.2, 0) is 9.53 Å². The van der Waals surface area contributed by atoms with Crippen LogP contribution >= 0.6 is 15.9 Å². The van der Waals surface area contributed by atoms with Gasteiger partial charge in [-0.05, 0) is 47.0 Å². The molecule has 0 aromatic heterocycles. The molecular formula is C14H17BrO3. The number of esters is 1. The van der Waals surface area contributed by atoms with Gasteiger partial charge in [-0.15, -0.1) is 0 Å². The molecule has 0 saturated heterocycles. The second-order valence-electron chi connectivity index (χ2n) is 4.00. The van der Waals surface area contributed by atoms with Crippen molar-refractivity contribution in [2.45, 2.75) is 19.8 Å². The molecule has 0 spiro atoms. The quantitative estimate of drug-likeness (QED) is 0.437. The minimum atomic E-state index is -0.214. The third kappa shape index (κ3) is 5.87. The van der Waals surface area contributed by atoms with Crippen molar-refractivity contribution >= 4 is 21.9 Å². The van der Waals surface area contributed by atoms with Crippen LogP contribution in [0.25, 0.3) is 0 Å². The maximum absolute atomic E-state index is 11.3. The van der Waals surface area contributed by atoms with Gasteiger partial charge in [0.05, 0.1) is 11.1 Å². The second-order valence-corrected chi connectivity index (χ2v) is 4.85. The van der Waals surface area contributed by atoms with Crippen LogP contribution in [0.3, 0.4) is 0 Å². The largest absolute Gasteiger partial charge is 0.492 e. The number of benzene rings is 1.